The fourth-order valence-corrected chi connectivity index (χ4v) is 3.68. The van der Waals surface area contributed by atoms with Crippen LogP contribution < -0.4 is 5.56 Å². The van der Waals surface area contributed by atoms with E-state index in [1.54, 1.807) is 12.3 Å². The monoisotopic (exact) mass is 421 g/mol. The fraction of sp³-hybridized carbons (Fsp3) is 0.182. The van der Waals surface area contributed by atoms with Crippen LogP contribution in [0.15, 0.2) is 64.7 Å². The largest absolute Gasteiger partial charge is 0.460 e. The molecule has 0 bridgehead atoms. The van der Waals surface area contributed by atoms with Gasteiger partial charge < -0.3 is 14.5 Å². The van der Waals surface area contributed by atoms with Crippen LogP contribution in [0.1, 0.15) is 21.5 Å². The van der Waals surface area contributed by atoms with Gasteiger partial charge in [-0.25, -0.2) is 4.79 Å². The van der Waals surface area contributed by atoms with E-state index in [-0.39, 0.29) is 12.2 Å². The van der Waals surface area contributed by atoms with Gasteiger partial charge in [0.1, 0.15) is 12.7 Å². The smallest absolute Gasteiger partial charge is 0.339 e. The van der Waals surface area contributed by atoms with E-state index >= 15 is 0 Å². The van der Waals surface area contributed by atoms with Crippen LogP contribution in [0.3, 0.4) is 0 Å². The third-order valence-electron chi connectivity index (χ3n) is 4.14. The van der Waals surface area contributed by atoms with Crippen molar-refractivity contribution in [3.63, 3.8) is 0 Å². The summed E-state index contributed by atoms with van der Waals surface area (Å²) in [4.78, 5) is 31.1. The van der Waals surface area contributed by atoms with Crippen LogP contribution in [0.2, 0.25) is 0 Å². The molecular weight excluding hydrogens is 402 g/mol. The summed E-state index contributed by atoms with van der Waals surface area (Å²) in [6.45, 7) is 0.476. The quantitative estimate of drug-likeness (QED) is 0.338. The van der Waals surface area contributed by atoms with Crippen molar-refractivity contribution < 1.29 is 14.3 Å². The molecule has 0 spiro atoms. The van der Waals surface area contributed by atoms with Crippen LogP contribution >= 0.6 is 11.8 Å². The molecule has 0 unspecified atom stereocenters. The summed E-state index contributed by atoms with van der Waals surface area (Å²) in [5.41, 5.74) is 2.58. The molecule has 1 aromatic carbocycles. The minimum atomic E-state index is -0.483. The lowest BCUT2D eigenvalue weighted by Crippen LogP contribution is -2.10. The Labute approximate surface area is 177 Å². The second-order valence-electron chi connectivity index (χ2n) is 6.23. The van der Waals surface area contributed by atoms with Crippen molar-refractivity contribution in [1.29, 1.82) is 5.26 Å². The molecule has 0 saturated carbocycles. The van der Waals surface area contributed by atoms with Crippen molar-refractivity contribution in [2.75, 3.05) is 20.3 Å². The van der Waals surface area contributed by atoms with Crippen molar-refractivity contribution in [2.24, 2.45) is 0 Å². The molecule has 0 aliphatic rings. The molecule has 3 rings (SSSR count). The van der Waals surface area contributed by atoms with Gasteiger partial charge in [-0.05, 0) is 17.2 Å². The lowest BCUT2D eigenvalue weighted by molar-refractivity contribution is 0.0387. The van der Waals surface area contributed by atoms with E-state index in [2.05, 4.69) is 16.0 Å². The Morgan fingerprint density at radius 1 is 1.20 bits per heavy atom. The molecule has 0 amide bonds. The number of ether oxygens (including phenoxy) is 2. The highest BCUT2D eigenvalue weighted by Gasteiger charge is 2.14. The van der Waals surface area contributed by atoms with E-state index < -0.39 is 5.97 Å². The van der Waals surface area contributed by atoms with Crippen LogP contribution in [-0.4, -0.2) is 36.3 Å². The highest BCUT2D eigenvalue weighted by molar-refractivity contribution is 7.98. The second-order valence-corrected chi connectivity index (χ2v) is 7.21. The number of benzene rings is 1. The second kappa shape index (κ2) is 10.4. The standard InChI is InChI=1S/C22H19N3O4S/c1-28-7-8-29-22(27)17-9-15(12-24-13-17)14-30-21-19(11-23)18(10-20(26)25-21)16-5-3-2-4-6-16/h2-6,9-10,12-13H,7-8,14H2,1H3,(H,25,26). The zero-order chi connectivity index (χ0) is 21.3. The van der Waals surface area contributed by atoms with E-state index in [0.717, 1.165) is 11.1 Å². The van der Waals surface area contributed by atoms with Crippen LogP contribution in [0.5, 0.6) is 0 Å². The number of H-pyrrole nitrogens is 1. The molecule has 0 aliphatic heterocycles. The topological polar surface area (TPSA) is 105 Å². The molecule has 3 aromatic rings. The average Bonchev–Trinajstić information content (AvgIpc) is 2.78. The van der Waals surface area contributed by atoms with Crippen molar-refractivity contribution in [3.8, 4) is 17.2 Å². The summed E-state index contributed by atoms with van der Waals surface area (Å²) < 4.78 is 9.96. The van der Waals surface area contributed by atoms with E-state index in [1.165, 1.54) is 31.1 Å². The lowest BCUT2D eigenvalue weighted by Gasteiger charge is -2.10. The van der Waals surface area contributed by atoms with Crippen molar-refractivity contribution >= 4 is 17.7 Å². The number of aromatic nitrogens is 2. The molecule has 30 heavy (non-hydrogen) atoms. The molecule has 2 heterocycles. The molecule has 0 atom stereocenters. The minimum absolute atomic E-state index is 0.160. The molecule has 8 heteroatoms. The Morgan fingerprint density at radius 3 is 2.73 bits per heavy atom. The molecule has 0 radical (unpaired) electrons. The Morgan fingerprint density at radius 2 is 2.00 bits per heavy atom. The fourth-order valence-electron chi connectivity index (χ4n) is 2.74. The van der Waals surface area contributed by atoms with Crippen LogP contribution in [0.4, 0.5) is 0 Å². The first kappa shape index (κ1) is 21.3. The van der Waals surface area contributed by atoms with E-state index in [4.69, 9.17) is 9.47 Å². The van der Waals surface area contributed by atoms with Gasteiger partial charge in [0.15, 0.2) is 0 Å². The number of pyridine rings is 2. The van der Waals surface area contributed by atoms with E-state index in [0.29, 0.717) is 34.1 Å². The van der Waals surface area contributed by atoms with E-state index in [1.807, 2.05) is 30.3 Å². The molecule has 0 fully saturated rings. The maximum absolute atomic E-state index is 12.2. The third kappa shape index (κ3) is 5.35. The number of hydrogen-bond donors (Lipinski definition) is 1. The van der Waals surface area contributed by atoms with Gasteiger partial charge in [0.2, 0.25) is 5.56 Å². The first-order valence-corrected chi connectivity index (χ1v) is 10.1. The SMILES string of the molecule is COCCOC(=O)c1cncc(CSc2[nH]c(=O)cc(-c3ccccc3)c2C#N)c1. The highest BCUT2D eigenvalue weighted by Crippen LogP contribution is 2.30. The van der Waals surface area contributed by atoms with Gasteiger partial charge >= 0.3 is 5.97 Å². The average molecular weight is 421 g/mol. The normalized spacial score (nSPS) is 10.4. The number of aromatic amines is 1. The maximum Gasteiger partial charge on any atom is 0.339 e. The summed E-state index contributed by atoms with van der Waals surface area (Å²) in [6, 6.07) is 14.6. The Kier molecular flexibility index (Phi) is 7.38. The summed E-state index contributed by atoms with van der Waals surface area (Å²) in [5, 5.41) is 10.2. The van der Waals surface area contributed by atoms with Crippen molar-refractivity contribution in [1.82, 2.24) is 9.97 Å². The maximum atomic E-state index is 12.2. The van der Waals surface area contributed by atoms with Gasteiger partial charge in [-0.2, -0.15) is 5.26 Å². The molecule has 0 saturated heterocycles. The van der Waals surface area contributed by atoms with Crippen LogP contribution in [0.25, 0.3) is 11.1 Å². The zero-order valence-corrected chi connectivity index (χ0v) is 17.1. The molecular formula is C22H19N3O4S. The number of thioether (sulfide) groups is 1. The van der Waals surface area contributed by atoms with Gasteiger partial charge in [0.25, 0.3) is 0 Å². The number of hydrogen-bond acceptors (Lipinski definition) is 7. The number of carbonyl (C=O) groups is 1. The van der Waals surface area contributed by atoms with Gasteiger partial charge in [-0.1, -0.05) is 30.3 Å². The number of nitrogens with zero attached hydrogens (tertiary/aromatic N) is 2. The number of nitriles is 1. The molecule has 7 nitrogen and oxygen atoms in total. The summed E-state index contributed by atoms with van der Waals surface area (Å²) in [6.07, 6.45) is 3.06. The number of esters is 1. The Hall–Kier alpha value is -3.41. The highest BCUT2D eigenvalue weighted by atomic mass is 32.2. The Balaban J connectivity index is 1.80. The summed E-state index contributed by atoms with van der Waals surface area (Å²) in [5.74, 6) is -0.0710. The predicted molar refractivity (Wildman–Crippen MR) is 113 cm³/mol. The molecule has 1 N–H and O–H groups in total. The minimum Gasteiger partial charge on any atom is -0.460 e. The van der Waals surface area contributed by atoms with Gasteiger partial charge in [-0.15, -0.1) is 11.8 Å². The summed E-state index contributed by atoms with van der Waals surface area (Å²) >= 11 is 1.30. The van der Waals surface area contributed by atoms with Crippen LogP contribution in [-0.2, 0) is 15.2 Å². The number of methoxy groups -OCH3 is 1. The molecule has 152 valence electrons. The number of nitrogens with one attached hydrogen (secondary N) is 1. The lowest BCUT2D eigenvalue weighted by atomic mass is 10.0. The summed E-state index contributed by atoms with van der Waals surface area (Å²) in [7, 11) is 1.53. The van der Waals surface area contributed by atoms with Crippen molar-refractivity contribution in [2.45, 2.75) is 10.8 Å². The van der Waals surface area contributed by atoms with Crippen molar-refractivity contribution in [3.05, 3.63) is 81.9 Å². The van der Waals surface area contributed by atoms with Crippen LogP contribution in [0, 0.1) is 11.3 Å². The Bertz CT molecular complexity index is 1120. The molecule has 2 aromatic heterocycles. The molecule has 0 aliphatic carbocycles. The third-order valence-corrected chi connectivity index (χ3v) is 5.21. The number of rotatable bonds is 8. The first-order chi connectivity index (χ1) is 14.6. The zero-order valence-electron chi connectivity index (χ0n) is 16.3. The first-order valence-electron chi connectivity index (χ1n) is 9.08. The van der Waals surface area contributed by atoms with E-state index in [9.17, 15) is 14.9 Å². The van der Waals surface area contributed by atoms with Gasteiger partial charge in [0, 0.05) is 36.9 Å². The van der Waals surface area contributed by atoms with Gasteiger partial charge in [-0.3, -0.25) is 9.78 Å². The predicted octanol–water partition coefficient (Wildman–Crippen LogP) is 3.40. The van der Waals surface area contributed by atoms with Gasteiger partial charge in [0.05, 0.1) is 22.8 Å². The number of carbonyl (C=O) groups excluding carboxylic acids is 1.